The third kappa shape index (κ3) is 4.16. The highest BCUT2D eigenvalue weighted by Crippen LogP contribution is 2.21. The highest BCUT2D eigenvalue weighted by atomic mass is 32.2. The zero-order valence-electron chi connectivity index (χ0n) is 12.2. The van der Waals surface area contributed by atoms with Crippen LogP contribution in [0.5, 0.6) is 0 Å². The Morgan fingerprint density at radius 1 is 1.24 bits per heavy atom. The number of nitrogens with one attached hydrogen (secondary N) is 2. The Balaban J connectivity index is 1.95. The molecule has 1 aromatic carbocycles. The minimum atomic E-state index is -3.37. The molecule has 0 amide bonds. The molecule has 1 aliphatic rings. The number of hydrogen-bond donors (Lipinski definition) is 3. The van der Waals surface area contributed by atoms with Crippen LogP contribution in [0, 0.1) is 0 Å². The van der Waals surface area contributed by atoms with E-state index in [1.165, 1.54) is 7.05 Å². The van der Waals surface area contributed by atoms with Crippen molar-refractivity contribution in [1.29, 1.82) is 0 Å². The van der Waals surface area contributed by atoms with E-state index in [1.54, 1.807) is 12.1 Å². The van der Waals surface area contributed by atoms with E-state index in [9.17, 15) is 8.42 Å². The van der Waals surface area contributed by atoms with Gasteiger partial charge >= 0.3 is 0 Å². The molecule has 0 saturated carbocycles. The lowest BCUT2D eigenvalue weighted by molar-refractivity contribution is 0.277. The first-order chi connectivity index (χ1) is 10.1. The molecular formula is C14H23N3O3S. The minimum absolute atomic E-state index is 0.168. The fourth-order valence-electron chi connectivity index (χ4n) is 2.56. The zero-order chi connectivity index (χ0) is 15.3. The third-order valence-electron chi connectivity index (χ3n) is 3.82. The third-order valence-corrected chi connectivity index (χ3v) is 5.25. The van der Waals surface area contributed by atoms with Gasteiger partial charge in [-0.1, -0.05) is 0 Å². The summed E-state index contributed by atoms with van der Waals surface area (Å²) in [5, 5.41) is 12.1. The van der Waals surface area contributed by atoms with Crippen LogP contribution in [-0.4, -0.2) is 52.9 Å². The van der Waals surface area contributed by atoms with Gasteiger partial charge in [-0.15, -0.1) is 0 Å². The number of anilines is 1. The van der Waals surface area contributed by atoms with Crippen molar-refractivity contribution in [2.24, 2.45) is 0 Å². The average molecular weight is 313 g/mol. The van der Waals surface area contributed by atoms with Gasteiger partial charge in [-0.2, -0.15) is 0 Å². The van der Waals surface area contributed by atoms with Gasteiger partial charge in [0.1, 0.15) is 0 Å². The van der Waals surface area contributed by atoms with Crippen LogP contribution < -0.4 is 14.9 Å². The van der Waals surface area contributed by atoms with Gasteiger partial charge in [0.05, 0.1) is 11.5 Å². The summed E-state index contributed by atoms with van der Waals surface area (Å²) in [5.74, 6) is 0. The Labute approximate surface area is 126 Å². The standard InChI is InChI=1S/C14H23N3O3S/c1-15-21(19,20)14-4-2-13(3-5-14)17-9-6-12(7-10-17)16-8-11-18/h2-5,12,15-16,18H,6-11H2,1H3. The zero-order valence-corrected chi connectivity index (χ0v) is 13.1. The molecular weight excluding hydrogens is 290 g/mol. The van der Waals surface area contributed by atoms with E-state index in [2.05, 4.69) is 14.9 Å². The summed E-state index contributed by atoms with van der Waals surface area (Å²) in [6.07, 6.45) is 2.05. The Hall–Kier alpha value is -1.15. The summed E-state index contributed by atoms with van der Waals surface area (Å²) < 4.78 is 25.7. The smallest absolute Gasteiger partial charge is 0.240 e. The van der Waals surface area contributed by atoms with Gasteiger partial charge in [0.25, 0.3) is 0 Å². The van der Waals surface area contributed by atoms with Crippen molar-refractivity contribution in [2.45, 2.75) is 23.8 Å². The molecule has 0 atom stereocenters. The predicted octanol–water partition coefficient (Wildman–Crippen LogP) is 0.145. The van der Waals surface area contributed by atoms with Gasteiger partial charge in [0.2, 0.25) is 10.0 Å². The molecule has 1 fully saturated rings. The van der Waals surface area contributed by atoms with Gasteiger partial charge in [-0.3, -0.25) is 0 Å². The van der Waals surface area contributed by atoms with Crippen molar-refractivity contribution in [3.8, 4) is 0 Å². The molecule has 7 heteroatoms. The molecule has 118 valence electrons. The molecule has 3 N–H and O–H groups in total. The summed E-state index contributed by atoms with van der Waals surface area (Å²) in [6, 6.07) is 7.43. The lowest BCUT2D eigenvalue weighted by Gasteiger charge is -2.34. The van der Waals surface area contributed by atoms with Crippen molar-refractivity contribution >= 4 is 15.7 Å². The fourth-order valence-corrected chi connectivity index (χ4v) is 3.29. The van der Waals surface area contributed by atoms with Crippen LogP contribution in [0.2, 0.25) is 0 Å². The topological polar surface area (TPSA) is 81.7 Å². The van der Waals surface area contributed by atoms with E-state index >= 15 is 0 Å². The van der Waals surface area contributed by atoms with Gasteiger partial charge in [0.15, 0.2) is 0 Å². The molecule has 1 saturated heterocycles. The van der Waals surface area contributed by atoms with Gasteiger partial charge in [-0.25, -0.2) is 13.1 Å². The van der Waals surface area contributed by atoms with Crippen molar-refractivity contribution in [3.63, 3.8) is 0 Å². The maximum Gasteiger partial charge on any atom is 0.240 e. The van der Waals surface area contributed by atoms with E-state index in [-0.39, 0.29) is 11.5 Å². The first kappa shape index (κ1) is 16.2. The SMILES string of the molecule is CNS(=O)(=O)c1ccc(N2CCC(NCCO)CC2)cc1. The summed E-state index contributed by atoms with van der Waals surface area (Å²) in [6.45, 7) is 2.67. The van der Waals surface area contributed by atoms with E-state index in [1.807, 2.05) is 12.1 Å². The van der Waals surface area contributed by atoms with Crippen LogP contribution in [0.1, 0.15) is 12.8 Å². The van der Waals surface area contributed by atoms with Gasteiger partial charge < -0.3 is 15.3 Å². The number of rotatable bonds is 6. The Morgan fingerprint density at radius 3 is 2.38 bits per heavy atom. The average Bonchev–Trinajstić information content (AvgIpc) is 2.53. The summed E-state index contributed by atoms with van der Waals surface area (Å²) in [5.41, 5.74) is 1.05. The molecule has 0 radical (unpaired) electrons. The lowest BCUT2D eigenvalue weighted by Crippen LogP contribution is -2.43. The molecule has 0 unspecified atom stereocenters. The predicted molar refractivity (Wildman–Crippen MR) is 83.0 cm³/mol. The van der Waals surface area contributed by atoms with E-state index in [4.69, 9.17) is 5.11 Å². The van der Waals surface area contributed by atoms with Crippen LogP contribution in [0.25, 0.3) is 0 Å². The quantitative estimate of drug-likeness (QED) is 0.696. The van der Waals surface area contributed by atoms with Crippen LogP contribution in [0.4, 0.5) is 5.69 Å². The van der Waals surface area contributed by atoms with E-state index in [0.717, 1.165) is 31.6 Å². The molecule has 1 aliphatic heterocycles. The normalized spacial score (nSPS) is 17.1. The second kappa shape index (κ2) is 7.22. The van der Waals surface area contributed by atoms with Crippen LogP contribution in [0.3, 0.4) is 0 Å². The second-order valence-electron chi connectivity index (χ2n) is 5.14. The number of benzene rings is 1. The first-order valence-electron chi connectivity index (χ1n) is 7.19. The van der Waals surface area contributed by atoms with Crippen molar-refractivity contribution in [1.82, 2.24) is 10.0 Å². The van der Waals surface area contributed by atoms with Crippen LogP contribution in [0.15, 0.2) is 29.2 Å². The monoisotopic (exact) mass is 313 g/mol. The summed E-state index contributed by atoms with van der Waals surface area (Å²) >= 11 is 0. The Bertz CT molecular complexity index is 537. The Kier molecular flexibility index (Phi) is 5.58. The van der Waals surface area contributed by atoms with Crippen molar-refractivity contribution < 1.29 is 13.5 Å². The number of piperidine rings is 1. The minimum Gasteiger partial charge on any atom is -0.395 e. The number of nitrogens with zero attached hydrogens (tertiary/aromatic N) is 1. The van der Waals surface area contributed by atoms with Gasteiger partial charge in [-0.05, 0) is 44.2 Å². The molecule has 1 heterocycles. The second-order valence-corrected chi connectivity index (χ2v) is 7.03. The van der Waals surface area contributed by atoms with Crippen LogP contribution in [-0.2, 0) is 10.0 Å². The molecule has 1 aromatic rings. The molecule has 6 nitrogen and oxygen atoms in total. The summed E-state index contributed by atoms with van der Waals surface area (Å²) in [7, 11) is -1.96. The molecule has 21 heavy (non-hydrogen) atoms. The molecule has 0 spiro atoms. The maximum absolute atomic E-state index is 11.7. The highest BCUT2D eigenvalue weighted by molar-refractivity contribution is 7.89. The molecule has 2 rings (SSSR count). The maximum atomic E-state index is 11.7. The van der Waals surface area contributed by atoms with Gasteiger partial charge in [0, 0.05) is 31.4 Å². The molecule has 0 aliphatic carbocycles. The Morgan fingerprint density at radius 2 is 1.86 bits per heavy atom. The van der Waals surface area contributed by atoms with Crippen molar-refractivity contribution in [2.75, 3.05) is 38.2 Å². The number of aliphatic hydroxyl groups is 1. The number of hydrogen-bond acceptors (Lipinski definition) is 5. The first-order valence-corrected chi connectivity index (χ1v) is 8.68. The fraction of sp³-hybridized carbons (Fsp3) is 0.571. The number of aliphatic hydroxyl groups excluding tert-OH is 1. The summed E-state index contributed by atoms with van der Waals surface area (Å²) in [4.78, 5) is 2.54. The van der Waals surface area contributed by atoms with E-state index < -0.39 is 10.0 Å². The number of sulfonamides is 1. The molecule has 0 aromatic heterocycles. The highest BCUT2D eigenvalue weighted by Gasteiger charge is 2.19. The molecule has 0 bridgehead atoms. The van der Waals surface area contributed by atoms with Crippen LogP contribution >= 0.6 is 0 Å². The van der Waals surface area contributed by atoms with E-state index in [0.29, 0.717) is 12.6 Å². The largest absolute Gasteiger partial charge is 0.395 e. The lowest BCUT2D eigenvalue weighted by atomic mass is 10.0. The van der Waals surface area contributed by atoms with Crippen molar-refractivity contribution in [3.05, 3.63) is 24.3 Å².